The number of nitrogens with zero attached hydrogens (tertiary/aromatic N) is 1. The molecule has 24 heavy (non-hydrogen) atoms. The third kappa shape index (κ3) is 3.06. The van der Waals surface area contributed by atoms with E-state index in [4.69, 9.17) is 4.74 Å². The Labute approximate surface area is 137 Å². The first-order valence-corrected chi connectivity index (χ1v) is 7.13. The first-order chi connectivity index (χ1) is 11.2. The van der Waals surface area contributed by atoms with Crippen molar-refractivity contribution in [3.8, 4) is 11.5 Å². The van der Waals surface area contributed by atoms with Gasteiger partial charge in [0.2, 0.25) is 5.82 Å². The van der Waals surface area contributed by atoms with E-state index in [0.717, 1.165) is 13.2 Å². The molecule has 0 spiro atoms. The number of rotatable bonds is 4. The van der Waals surface area contributed by atoms with Gasteiger partial charge in [-0.1, -0.05) is 0 Å². The standard InChI is InChI=1S/C15H18F2N2O5/c1-15(13(20)21)4-5-19(7-15)14(22)18-9-6-8(16)11(23-2)10(17)12(9)24-3/h6H,4-5,7H2,1-3H3,(H,18,22)(H,20,21). The number of carboxylic acid groups (broad SMARTS) is 1. The fraction of sp³-hybridized carbons (Fsp3) is 0.467. The monoisotopic (exact) mass is 344 g/mol. The lowest BCUT2D eigenvalue weighted by molar-refractivity contribution is -0.146. The molecule has 1 saturated heterocycles. The van der Waals surface area contributed by atoms with Crippen molar-refractivity contribution < 1.29 is 33.0 Å². The maximum atomic E-state index is 14.1. The maximum absolute atomic E-state index is 14.1. The highest BCUT2D eigenvalue weighted by molar-refractivity contribution is 5.92. The molecule has 0 aliphatic carbocycles. The molecule has 2 N–H and O–H groups in total. The van der Waals surface area contributed by atoms with E-state index in [1.165, 1.54) is 18.9 Å². The second-order valence-corrected chi connectivity index (χ2v) is 5.75. The Bertz CT molecular complexity index is 682. The summed E-state index contributed by atoms with van der Waals surface area (Å²) < 4.78 is 37.4. The number of methoxy groups -OCH3 is 2. The number of carbonyl (C=O) groups is 2. The van der Waals surface area contributed by atoms with Crippen LogP contribution < -0.4 is 14.8 Å². The van der Waals surface area contributed by atoms with Gasteiger partial charge in [-0.3, -0.25) is 4.79 Å². The number of likely N-dealkylation sites (tertiary alicyclic amines) is 1. The highest BCUT2D eigenvalue weighted by atomic mass is 19.1. The van der Waals surface area contributed by atoms with Crippen LogP contribution in [-0.4, -0.2) is 49.3 Å². The highest BCUT2D eigenvalue weighted by Gasteiger charge is 2.42. The summed E-state index contributed by atoms with van der Waals surface area (Å²) in [4.78, 5) is 24.8. The minimum absolute atomic E-state index is 0.00238. The molecule has 1 aliphatic heterocycles. The van der Waals surface area contributed by atoms with Crippen LogP contribution in [0.5, 0.6) is 11.5 Å². The number of carbonyl (C=O) groups excluding carboxylic acids is 1. The van der Waals surface area contributed by atoms with Gasteiger partial charge in [-0.05, 0) is 13.3 Å². The third-order valence-electron chi connectivity index (χ3n) is 4.06. The summed E-state index contributed by atoms with van der Waals surface area (Å²) in [6.07, 6.45) is 0.290. The van der Waals surface area contributed by atoms with Crippen molar-refractivity contribution in [2.45, 2.75) is 13.3 Å². The Balaban J connectivity index is 2.23. The van der Waals surface area contributed by atoms with E-state index in [2.05, 4.69) is 10.1 Å². The van der Waals surface area contributed by atoms with Crippen LogP contribution in [0.3, 0.4) is 0 Å². The summed E-state index contributed by atoms with van der Waals surface area (Å²) in [5, 5.41) is 11.5. The van der Waals surface area contributed by atoms with Crippen LogP contribution in [0.4, 0.5) is 19.3 Å². The fourth-order valence-corrected chi connectivity index (χ4v) is 2.57. The molecule has 1 fully saturated rings. The Morgan fingerprint density at radius 3 is 2.42 bits per heavy atom. The second kappa shape index (κ2) is 6.50. The molecule has 1 aromatic carbocycles. The normalized spacial score (nSPS) is 20.0. The summed E-state index contributed by atoms with van der Waals surface area (Å²) in [5.41, 5.74) is -1.25. The Hall–Kier alpha value is -2.58. The van der Waals surface area contributed by atoms with E-state index in [1.54, 1.807) is 0 Å². The van der Waals surface area contributed by atoms with Gasteiger partial charge in [-0.25, -0.2) is 9.18 Å². The molecule has 2 amide bonds. The lowest BCUT2D eigenvalue weighted by atomic mass is 9.90. The first kappa shape index (κ1) is 17.8. The van der Waals surface area contributed by atoms with Crippen LogP contribution in [0.1, 0.15) is 13.3 Å². The Kier molecular flexibility index (Phi) is 4.81. The average Bonchev–Trinajstić information content (AvgIpc) is 2.92. The lowest BCUT2D eigenvalue weighted by Gasteiger charge is -2.21. The van der Waals surface area contributed by atoms with Gasteiger partial charge in [0.25, 0.3) is 0 Å². The van der Waals surface area contributed by atoms with Crippen molar-refractivity contribution in [3.63, 3.8) is 0 Å². The number of carboxylic acids is 1. The Morgan fingerprint density at radius 2 is 1.92 bits per heavy atom. The molecule has 0 aromatic heterocycles. The van der Waals surface area contributed by atoms with Gasteiger partial charge in [-0.15, -0.1) is 0 Å². The second-order valence-electron chi connectivity index (χ2n) is 5.75. The molecule has 1 atom stereocenters. The quantitative estimate of drug-likeness (QED) is 0.875. The molecular formula is C15H18F2N2O5. The van der Waals surface area contributed by atoms with Crippen molar-refractivity contribution in [1.82, 2.24) is 4.90 Å². The SMILES string of the molecule is COc1c(F)cc(NC(=O)N2CCC(C)(C(=O)O)C2)c(OC)c1F. The molecule has 9 heteroatoms. The largest absolute Gasteiger partial charge is 0.491 e. The van der Waals surface area contributed by atoms with Crippen LogP contribution in [0.2, 0.25) is 0 Å². The van der Waals surface area contributed by atoms with Crippen LogP contribution in [0.15, 0.2) is 6.07 Å². The maximum Gasteiger partial charge on any atom is 0.321 e. The van der Waals surface area contributed by atoms with Crippen molar-refractivity contribution in [2.24, 2.45) is 5.41 Å². The summed E-state index contributed by atoms with van der Waals surface area (Å²) >= 11 is 0. The number of anilines is 1. The van der Waals surface area contributed by atoms with Crippen LogP contribution >= 0.6 is 0 Å². The molecule has 7 nitrogen and oxygen atoms in total. The minimum Gasteiger partial charge on any atom is -0.491 e. The summed E-state index contributed by atoms with van der Waals surface area (Å²) in [5.74, 6) is -4.07. The minimum atomic E-state index is -1.08. The predicted molar refractivity (Wildman–Crippen MR) is 80.4 cm³/mol. The van der Waals surface area contributed by atoms with Gasteiger partial charge in [-0.2, -0.15) is 4.39 Å². The number of halogens is 2. The van der Waals surface area contributed by atoms with Crippen LogP contribution in [0, 0.1) is 17.0 Å². The first-order valence-electron chi connectivity index (χ1n) is 7.13. The zero-order valence-corrected chi connectivity index (χ0v) is 13.5. The lowest BCUT2D eigenvalue weighted by Crippen LogP contribution is -2.37. The zero-order valence-electron chi connectivity index (χ0n) is 13.5. The number of aliphatic carboxylic acids is 1. The van der Waals surface area contributed by atoms with Gasteiger partial charge in [0.05, 0.1) is 25.3 Å². The zero-order chi connectivity index (χ0) is 18.1. The molecular weight excluding hydrogens is 326 g/mol. The predicted octanol–water partition coefficient (Wildman–Crippen LogP) is 2.31. The van der Waals surface area contributed by atoms with E-state index in [9.17, 15) is 23.5 Å². The number of ether oxygens (including phenoxy) is 2. The molecule has 0 bridgehead atoms. The smallest absolute Gasteiger partial charge is 0.321 e. The van der Waals surface area contributed by atoms with Crippen LogP contribution in [-0.2, 0) is 4.79 Å². The molecule has 1 aliphatic rings. The van der Waals surface area contributed by atoms with Crippen molar-refractivity contribution in [3.05, 3.63) is 17.7 Å². The van der Waals surface area contributed by atoms with Crippen molar-refractivity contribution >= 4 is 17.7 Å². The van der Waals surface area contributed by atoms with E-state index in [-0.39, 0.29) is 30.9 Å². The summed E-state index contributed by atoms with van der Waals surface area (Å²) in [6.45, 7) is 1.76. The molecule has 0 radical (unpaired) electrons. The molecule has 1 heterocycles. The Morgan fingerprint density at radius 1 is 1.29 bits per heavy atom. The summed E-state index contributed by atoms with van der Waals surface area (Å²) in [7, 11) is 2.28. The molecule has 1 unspecified atom stereocenters. The third-order valence-corrected chi connectivity index (χ3v) is 4.06. The van der Waals surface area contributed by atoms with Crippen molar-refractivity contribution in [2.75, 3.05) is 32.6 Å². The number of urea groups is 1. The number of amides is 2. The molecule has 1 aromatic rings. The number of hydrogen-bond donors (Lipinski definition) is 2. The van der Waals surface area contributed by atoms with Gasteiger partial charge < -0.3 is 24.8 Å². The molecule has 132 valence electrons. The van der Waals surface area contributed by atoms with E-state index < -0.39 is 34.8 Å². The van der Waals surface area contributed by atoms with E-state index >= 15 is 0 Å². The van der Waals surface area contributed by atoms with E-state index in [0.29, 0.717) is 0 Å². The average molecular weight is 344 g/mol. The van der Waals surface area contributed by atoms with Crippen molar-refractivity contribution in [1.29, 1.82) is 0 Å². The molecule has 2 rings (SSSR count). The van der Waals surface area contributed by atoms with Gasteiger partial charge in [0.1, 0.15) is 0 Å². The van der Waals surface area contributed by atoms with E-state index in [1.807, 2.05) is 0 Å². The van der Waals surface area contributed by atoms with Gasteiger partial charge >= 0.3 is 12.0 Å². The fourth-order valence-electron chi connectivity index (χ4n) is 2.57. The van der Waals surface area contributed by atoms with Crippen LogP contribution in [0.25, 0.3) is 0 Å². The number of benzene rings is 1. The highest BCUT2D eigenvalue weighted by Crippen LogP contribution is 2.37. The van der Waals surface area contributed by atoms with Gasteiger partial charge in [0.15, 0.2) is 17.3 Å². The number of nitrogens with one attached hydrogen (secondary N) is 1. The topological polar surface area (TPSA) is 88.1 Å². The van der Waals surface area contributed by atoms with Gasteiger partial charge in [0, 0.05) is 19.2 Å². The molecule has 0 saturated carbocycles. The number of hydrogen-bond acceptors (Lipinski definition) is 4. The summed E-state index contributed by atoms with van der Waals surface area (Å²) in [6, 6.07) is 0.215.